The molecule has 0 saturated heterocycles. The molecule has 2 nitrogen and oxygen atoms in total. The molecular formula is C11H12BrFO2. The number of carboxylic acids is 1. The number of aliphatic carboxylic acids is 1. The van der Waals surface area contributed by atoms with Crippen LogP contribution < -0.4 is 0 Å². The van der Waals surface area contributed by atoms with Crippen LogP contribution in [-0.4, -0.2) is 11.1 Å². The average molecular weight is 275 g/mol. The molecule has 82 valence electrons. The van der Waals surface area contributed by atoms with Gasteiger partial charge in [0.2, 0.25) is 0 Å². The highest BCUT2D eigenvalue weighted by Crippen LogP contribution is 2.29. The summed E-state index contributed by atoms with van der Waals surface area (Å²) in [5.74, 6) is -2.24. The quantitative estimate of drug-likeness (QED) is 0.917. The van der Waals surface area contributed by atoms with E-state index in [4.69, 9.17) is 5.11 Å². The number of benzene rings is 1. The van der Waals surface area contributed by atoms with E-state index < -0.39 is 11.9 Å². The van der Waals surface area contributed by atoms with Crippen LogP contribution >= 0.6 is 15.9 Å². The lowest BCUT2D eigenvalue weighted by Gasteiger charge is -2.17. The fourth-order valence-electron chi connectivity index (χ4n) is 1.36. The van der Waals surface area contributed by atoms with Crippen molar-refractivity contribution in [3.63, 3.8) is 0 Å². The summed E-state index contributed by atoms with van der Waals surface area (Å²) in [7, 11) is 0. The fraction of sp³-hybridized carbons (Fsp3) is 0.364. The number of rotatable bonds is 3. The topological polar surface area (TPSA) is 37.3 Å². The van der Waals surface area contributed by atoms with Crippen LogP contribution in [0.4, 0.5) is 4.39 Å². The zero-order chi connectivity index (χ0) is 11.6. The molecule has 0 aromatic heterocycles. The summed E-state index contributed by atoms with van der Waals surface area (Å²) < 4.78 is 14.0. The summed E-state index contributed by atoms with van der Waals surface area (Å²) in [6, 6.07) is 4.91. The molecule has 1 aromatic carbocycles. The molecule has 0 spiro atoms. The molecule has 0 aliphatic carbocycles. The van der Waals surface area contributed by atoms with Crippen LogP contribution in [0.25, 0.3) is 0 Å². The van der Waals surface area contributed by atoms with Crippen molar-refractivity contribution < 1.29 is 14.3 Å². The molecule has 0 aliphatic heterocycles. The van der Waals surface area contributed by atoms with E-state index in [1.165, 1.54) is 0 Å². The Morgan fingerprint density at radius 3 is 2.60 bits per heavy atom. The molecule has 0 fully saturated rings. The van der Waals surface area contributed by atoms with Crippen molar-refractivity contribution in [1.29, 1.82) is 0 Å². The van der Waals surface area contributed by atoms with Gasteiger partial charge >= 0.3 is 5.97 Å². The fourth-order valence-corrected chi connectivity index (χ4v) is 1.74. The summed E-state index contributed by atoms with van der Waals surface area (Å²) >= 11 is 3.08. The van der Waals surface area contributed by atoms with Gasteiger partial charge in [0, 0.05) is 0 Å². The Labute approximate surface area is 96.2 Å². The third kappa shape index (κ3) is 2.56. The SMILES string of the molecule is CC(C(=O)O)C(C)c1cccc(Br)c1F. The van der Waals surface area contributed by atoms with E-state index in [1.54, 1.807) is 32.0 Å². The van der Waals surface area contributed by atoms with Crippen molar-refractivity contribution in [3.8, 4) is 0 Å². The van der Waals surface area contributed by atoms with Crippen molar-refractivity contribution in [2.75, 3.05) is 0 Å². The highest BCUT2D eigenvalue weighted by Gasteiger charge is 2.23. The Balaban J connectivity index is 3.06. The van der Waals surface area contributed by atoms with Gasteiger partial charge in [-0.1, -0.05) is 26.0 Å². The highest BCUT2D eigenvalue weighted by atomic mass is 79.9. The summed E-state index contributed by atoms with van der Waals surface area (Å²) in [5, 5.41) is 8.84. The molecule has 15 heavy (non-hydrogen) atoms. The summed E-state index contributed by atoms with van der Waals surface area (Å²) in [5.41, 5.74) is 0.430. The number of halogens is 2. The first kappa shape index (κ1) is 12.2. The maximum Gasteiger partial charge on any atom is 0.306 e. The minimum absolute atomic E-state index is 0.347. The normalized spacial score (nSPS) is 14.7. The first-order chi connectivity index (χ1) is 6.95. The predicted molar refractivity (Wildman–Crippen MR) is 59.3 cm³/mol. The minimum Gasteiger partial charge on any atom is -0.481 e. The Hall–Kier alpha value is -0.900. The molecule has 1 aromatic rings. The zero-order valence-corrected chi connectivity index (χ0v) is 10.1. The van der Waals surface area contributed by atoms with Gasteiger partial charge in [-0.25, -0.2) is 4.39 Å². The summed E-state index contributed by atoms with van der Waals surface area (Å²) in [4.78, 5) is 10.8. The first-order valence-corrected chi connectivity index (χ1v) is 5.41. The van der Waals surface area contributed by atoms with Crippen molar-refractivity contribution in [2.45, 2.75) is 19.8 Å². The molecule has 0 bridgehead atoms. The van der Waals surface area contributed by atoms with Crippen LogP contribution in [0, 0.1) is 11.7 Å². The number of hydrogen-bond acceptors (Lipinski definition) is 1. The predicted octanol–water partition coefficient (Wildman–Crippen LogP) is 3.41. The van der Waals surface area contributed by atoms with Gasteiger partial charge in [-0.2, -0.15) is 0 Å². The van der Waals surface area contributed by atoms with Crippen LogP contribution in [0.3, 0.4) is 0 Å². The van der Waals surface area contributed by atoms with E-state index >= 15 is 0 Å². The van der Waals surface area contributed by atoms with E-state index in [-0.39, 0.29) is 11.7 Å². The lowest BCUT2D eigenvalue weighted by Crippen LogP contribution is -2.17. The number of carbonyl (C=O) groups is 1. The Kier molecular flexibility index (Phi) is 3.85. The van der Waals surface area contributed by atoms with Gasteiger partial charge < -0.3 is 5.11 Å². The average Bonchev–Trinajstić information content (AvgIpc) is 2.20. The Morgan fingerprint density at radius 1 is 1.47 bits per heavy atom. The smallest absolute Gasteiger partial charge is 0.306 e. The number of carboxylic acid groups (broad SMARTS) is 1. The van der Waals surface area contributed by atoms with E-state index in [0.29, 0.717) is 10.0 Å². The van der Waals surface area contributed by atoms with Gasteiger partial charge in [0.15, 0.2) is 0 Å². The van der Waals surface area contributed by atoms with Gasteiger partial charge in [-0.15, -0.1) is 0 Å². The second-order valence-corrected chi connectivity index (χ2v) is 4.41. The van der Waals surface area contributed by atoms with E-state index in [1.807, 2.05) is 0 Å². The van der Waals surface area contributed by atoms with Gasteiger partial charge in [0.1, 0.15) is 5.82 Å². The first-order valence-electron chi connectivity index (χ1n) is 4.62. The molecule has 1 rings (SSSR count). The Bertz CT molecular complexity index is 379. The summed E-state index contributed by atoms with van der Waals surface area (Å²) in [6.07, 6.45) is 0. The minimum atomic E-state index is -0.915. The van der Waals surface area contributed by atoms with Crippen LogP contribution in [0.2, 0.25) is 0 Å². The third-order valence-corrected chi connectivity index (χ3v) is 3.22. The van der Waals surface area contributed by atoms with Gasteiger partial charge in [-0.3, -0.25) is 4.79 Å². The molecule has 1 N–H and O–H groups in total. The molecule has 2 atom stereocenters. The van der Waals surface area contributed by atoms with E-state index in [0.717, 1.165) is 0 Å². The molecule has 2 unspecified atom stereocenters. The van der Waals surface area contributed by atoms with Gasteiger partial charge in [-0.05, 0) is 33.5 Å². The monoisotopic (exact) mass is 274 g/mol. The lowest BCUT2D eigenvalue weighted by atomic mass is 9.89. The second kappa shape index (κ2) is 4.75. The highest BCUT2D eigenvalue weighted by molar-refractivity contribution is 9.10. The molecule has 0 amide bonds. The van der Waals surface area contributed by atoms with Gasteiger partial charge in [0.25, 0.3) is 0 Å². The van der Waals surface area contributed by atoms with Crippen LogP contribution in [-0.2, 0) is 4.79 Å². The third-order valence-electron chi connectivity index (χ3n) is 2.61. The molecule has 4 heteroatoms. The maximum absolute atomic E-state index is 13.6. The van der Waals surface area contributed by atoms with E-state index in [2.05, 4.69) is 15.9 Å². The van der Waals surface area contributed by atoms with Crippen LogP contribution in [0.1, 0.15) is 25.3 Å². The second-order valence-electron chi connectivity index (χ2n) is 3.56. The molecule has 0 radical (unpaired) electrons. The van der Waals surface area contributed by atoms with Gasteiger partial charge in [0.05, 0.1) is 10.4 Å². The standard InChI is InChI=1S/C11H12BrFO2/c1-6(7(2)11(14)15)8-4-3-5-9(12)10(8)13/h3-7H,1-2H3,(H,14,15). The largest absolute Gasteiger partial charge is 0.481 e. The van der Waals surface area contributed by atoms with Crippen molar-refractivity contribution in [2.24, 2.45) is 5.92 Å². The summed E-state index contributed by atoms with van der Waals surface area (Å²) in [6.45, 7) is 3.29. The molecular weight excluding hydrogens is 263 g/mol. The zero-order valence-electron chi connectivity index (χ0n) is 8.50. The van der Waals surface area contributed by atoms with Crippen LogP contribution in [0.15, 0.2) is 22.7 Å². The molecule has 0 saturated carbocycles. The molecule has 0 aliphatic rings. The number of hydrogen-bond donors (Lipinski definition) is 1. The van der Waals surface area contributed by atoms with Crippen LogP contribution in [0.5, 0.6) is 0 Å². The van der Waals surface area contributed by atoms with Crippen molar-refractivity contribution >= 4 is 21.9 Å². The van der Waals surface area contributed by atoms with Crippen molar-refractivity contribution in [1.82, 2.24) is 0 Å². The Morgan fingerprint density at radius 2 is 2.07 bits per heavy atom. The van der Waals surface area contributed by atoms with Crippen molar-refractivity contribution in [3.05, 3.63) is 34.1 Å². The molecule has 0 heterocycles. The maximum atomic E-state index is 13.6. The lowest BCUT2D eigenvalue weighted by molar-refractivity contribution is -0.141. The van der Waals surface area contributed by atoms with E-state index in [9.17, 15) is 9.18 Å².